The molecule has 2 unspecified atom stereocenters. The SMILES string of the molecule is CCC(Cc1ccco1)c1cc(O)c(C2(CC3CC3)CC=CO2)c(=O)o1. The number of rotatable bonds is 7. The summed E-state index contributed by atoms with van der Waals surface area (Å²) < 4.78 is 16.9. The van der Waals surface area contributed by atoms with Crippen molar-refractivity contribution in [2.45, 2.75) is 57.0 Å². The number of hydrogen-bond donors (Lipinski definition) is 1. The molecule has 0 spiro atoms. The number of furan rings is 1. The summed E-state index contributed by atoms with van der Waals surface area (Å²) in [6.45, 7) is 2.02. The van der Waals surface area contributed by atoms with E-state index in [1.165, 1.54) is 0 Å². The summed E-state index contributed by atoms with van der Waals surface area (Å²) in [6, 6.07) is 5.33. The van der Waals surface area contributed by atoms with Crippen molar-refractivity contribution in [3.8, 4) is 5.75 Å². The second-order valence-electron chi connectivity index (χ2n) is 7.42. The highest BCUT2D eigenvalue weighted by Gasteiger charge is 2.45. The van der Waals surface area contributed by atoms with Gasteiger partial charge < -0.3 is 18.7 Å². The van der Waals surface area contributed by atoms with Gasteiger partial charge in [0.1, 0.15) is 28.4 Å². The lowest BCUT2D eigenvalue weighted by Crippen LogP contribution is -2.32. The van der Waals surface area contributed by atoms with Gasteiger partial charge in [-0.2, -0.15) is 0 Å². The van der Waals surface area contributed by atoms with Gasteiger partial charge in [0, 0.05) is 24.8 Å². The molecule has 5 nitrogen and oxygen atoms in total. The van der Waals surface area contributed by atoms with Gasteiger partial charge in [-0.05, 0) is 37.0 Å². The van der Waals surface area contributed by atoms with Crippen molar-refractivity contribution in [3.05, 3.63) is 64.3 Å². The molecular formula is C21H24O5. The fourth-order valence-corrected chi connectivity index (χ4v) is 3.89. The third-order valence-corrected chi connectivity index (χ3v) is 5.48. The summed E-state index contributed by atoms with van der Waals surface area (Å²) in [5, 5.41) is 10.7. The molecule has 5 heteroatoms. The number of ether oxygens (including phenoxy) is 1. The Labute approximate surface area is 152 Å². The monoisotopic (exact) mass is 356 g/mol. The van der Waals surface area contributed by atoms with Crippen LogP contribution in [0.3, 0.4) is 0 Å². The Morgan fingerprint density at radius 1 is 1.38 bits per heavy atom. The quantitative estimate of drug-likeness (QED) is 0.784. The average molecular weight is 356 g/mol. The van der Waals surface area contributed by atoms with Crippen molar-refractivity contribution in [2.24, 2.45) is 5.92 Å². The molecule has 0 saturated heterocycles. The normalized spacial score (nSPS) is 23.1. The van der Waals surface area contributed by atoms with Crippen LogP contribution in [0.25, 0.3) is 0 Å². The van der Waals surface area contributed by atoms with Crippen molar-refractivity contribution in [1.29, 1.82) is 0 Å². The van der Waals surface area contributed by atoms with Gasteiger partial charge in [-0.3, -0.25) is 0 Å². The van der Waals surface area contributed by atoms with Crippen LogP contribution in [-0.2, 0) is 16.8 Å². The van der Waals surface area contributed by atoms with Crippen molar-refractivity contribution in [1.82, 2.24) is 0 Å². The molecule has 2 aliphatic rings. The second-order valence-corrected chi connectivity index (χ2v) is 7.42. The Kier molecular flexibility index (Phi) is 4.39. The molecule has 1 aliphatic carbocycles. The molecule has 2 aromatic rings. The molecule has 1 N–H and O–H groups in total. The van der Waals surface area contributed by atoms with Gasteiger partial charge in [-0.15, -0.1) is 0 Å². The Bertz CT molecular complexity index is 834. The zero-order valence-corrected chi connectivity index (χ0v) is 14.9. The first-order valence-corrected chi connectivity index (χ1v) is 9.34. The molecule has 2 aromatic heterocycles. The summed E-state index contributed by atoms with van der Waals surface area (Å²) in [4.78, 5) is 12.8. The van der Waals surface area contributed by atoms with E-state index >= 15 is 0 Å². The van der Waals surface area contributed by atoms with Crippen LogP contribution in [0.15, 0.2) is 50.4 Å². The first-order chi connectivity index (χ1) is 12.6. The molecule has 1 fully saturated rings. The largest absolute Gasteiger partial charge is 0.507 e. The van der Waals surface area contributed by atoms with Crippen LogP contribution >= 0.6 is 0 Å². The van der Waals surface area contributed by atoms with Crippen molar-refractivity contribution >= 4 is 0 Å². The van der Waals surface area contributed by atoms with E-state index in [1.54, 1.807) is 18.6 Å². The summed E-state index contributed by atoms with van der Waals surface area (Å²) in [7, 11) is 0. The second kappa shape index (κ2) is 6.71. The Balaban J connectivity index is 1.66. The minimum absolute atomic E-state index is 0.0292. The molecule has 0 radical (unpaired) electrons. The fraction of sp³-hybridized carbons (Fsp3) is 0.476. The molecule has 138 valence electrons. The van der Waals surface area contributed by atoms with Crippen molar-refractivity contribution < 1.29 is 18.7 Å². The van der Waals surface area contributed by atoms with Gasteiger partial charge in [-0.1, -0.05) is 19.8 Å². The molecule has 3 heterocycles. The van der Waals surface area contributed by atoms with E-state index in [0.717, 1.165) is 31.4 Å². The third kappa shape index (κ3) is 3.18. The number of aromatic hydroxyl groups is 1. The van der Waals surface area contributed by atoms with Gasteiger partial charge >= 0.3 is 5.63 Å². The Morgan fingerprint density at radius 3 is 2.81 bits per heavy atom. The lowest BCUT2D eigenvalue weighted by atomic mass is 9.86. The third-order valence-electron chi connectivity index (χ3n) is 5.48. The smallest absolute Gasteiger partial charge is 0.347 e. The van der Waals surface area contributed by atoms with Crippen LogP contribution < -0.4 is 5.63 Å². The molecule has 4 rings (SSSR count). The summed E-state index contributed by atoms with van der Waals surface area (Å²) in [5.41, 5.74) is -1.03. The summed E-state index contributed by atoms with van der Waals surface area (Å²) in [5.74, 6) is 1.81. The summed E-state index contributed by atoms with van der Waals surface area (Å²) >= 11 is 0. The van der Waals surface area contributed by atoms with E-state index in [4.69, 9.17) is 13.6 Å². The predicted molar refractivity (Wildman–Crippen MR) is 95.9 cm³/mol. The van der Waals surface area contributed by atoms with E-state index in [-0.39, 0.29) is 17.2 Å². The van der Waals surface area contributed by atoms with E-state index in [9.17, 15) is 9.90 Å². The van der Waals surface area contributed by atoms with Gasteiger partial charge in [-0.25, -0.2) is 4.79 Å². The van der Waals surface area contributed by atoms with Gasteiger partial charge in [0.05, 0.1) is 12.5 Å². The highest BCUT2D eigenvalue weighted by atomic mass is 16.5. The zero-order chi connectivity index (χ0) is 18.1. The fourth-order valence-electron chi connectivity index (χ4n) is 3.89. The Morgan fingerprint density at radius 2 is 2.23 bits per heavy atom. The summed E-state index contributed by atoms with van der Waals surface area (Å²) in [6.07, 6.45) is 10.2. The standard InChI is InChI=1S/C21H24O5/c1-2-15(11-16-5-3-9-24-16)18-12-17(22)19(20(23)26-18)21(8-4-10-25-21)13-14-6-7-14/h3-5,9-10,12,14-15,22H,2,6-8,11,13H2,1H3. The molecule has 26 heavy (non-hydrogen) atoms. The highest BCUT2D eigenvalue weighted by molar-refractivity contribution is 5.38. The van der Waals surface area contributed by atoms with E-state index < -0.39 is 11.2 Å². The van der Waals surface area contributed by atoms with Gasteiger partial charge in [0.2, 0.25) is 0 Å². The van der Waals surface area contributed by atoms with Crippen molar-refractivity contribution in [3.63, 3.8) is 0 Å². The van der Waals surface area contributed by atoms with Crippen LogP contribution in [-0.4, -0.2) is 5.11 Å². The van der Waals surface area contributed by atoms with Gasteiger partial charge in [0.15, 0.2) is 0 Å². The van der Waals surface area contributed by atoms with Crippen LogP contribution in [0.5, 0.6) is 5.75 Å². The topological polar surface area (TPSA) is 72.8 Å². The van der Waals surface area contributed by atoms with E-state index in [0.29, 0.717) is 24.5 Å². The molecule has 0 aromatic carbocycles. The maximum atomic E-state index is 12.8. The van der Waals surface area contributed by atoms with Gasteiger partial charge in [0.25, 0.3) is 0 Å². The molecule has 2 atom stereocenters. The lowest BCUT2D eigenvalue weighted by Gasteiger charge is -2.29. The maximum absolute atomic E-state index is 12.8. The minimum Gasteiger partial charge on any atom is -0.507 e. The molecule has 0 amide bonds. The van der Waals surface area contributed by atoms with Crippen LogP contribution in [0.4, 0.5) is 0 Å². The van der Waals surface area contributed by atoms with Crippen LogP contribution in [0, 0.1) is 5.92 Å². The van der Waals surface area contributed by atoms with Crippen molar-refractivity contribution in [2.75, 3.05) is 0 Å². The zero-order valence-electron chi connectivity index (χ0n) is 14.9. The van der Waals surface area contributed by atoms with Crippen LogP contribution in [0.2, 0.25) is 0 Å². The molecule has 1 aliphatic heterocycles. The highest BCUT2D eigenvalue weighted by Crippen LogP contribution is 2.48. The first-order valence-electron chi connectivity index (χ1n) is 9.34. The lowest BCUT2D eigenvalue weighted by molar-refractivity contribution is 0.0209. The van der Waals surface area contributed by atoms with E-state index in [1.807, 2.05) is 25.1 Å². The maximum Gasteiger partial charge on any atom is 0.347 e. The number of hydrogen-bond acceptors (Lipinski definition) is 5. The molecule has 0 bridgehead atoms. The molecular weight excluding hydrogens is 332 g/mol. The molecule has 1 saturated carbocycles. The minimum atomic E-state index is -0.785. The predicted octanol–water partition coefficient (Wildman–Crippen LogP) is 4.60. The van der Waals surface area contributed by atoms with E-state index in [2.05, 4.69) is 0 Å². The van der Waals surface area contributed by atoms with Crippen LogP contribution in [0.1, 0.15) is 62.0 Å². The first kappa shape index (κ1) is 17.0. The Hall–Kier alpha value is -2.43. The average Bonchev–Trinajstić information content (AvgIpc) is 3.08.